The summed E-state index contributed by atoms with van der Waals surface area (Å²) in [6.07, 6.45) is 12.2. The number of nitrogens with one attached hydrogen (secondary N) is 1. The number of amides is 1. The Balaban J connectivity index is 1.69. The Bertz CT molecular complexity index is 598. The molecule has 3 heteroatoms. The number of carbonyl (C=O) groups excluding carboxylic acids is 1. The van der Waals surface area contributed by atoms with E-state index >= 15 is 0 Å². The number of carbonyl (C=O) groups is 1. The van der Waals surface area contributed by atoms with Gasteiger partial charge in [-0.2, -0.15) is 0 Å². The summed E-state index contributed by atoms with van der Waals surface area (Å²) in [6, 6.07) is 0. The smallest absolute Gasteiger partial charge is 0.407 e. The van der Waals surface area contributed by atoms with E-state index in [0.717, 1.165) is 36.5 Å². The van der Waals surface area contributed by atoms with E-state index in [2.05, 4.69) is 52.9 Å². The lowest BCUT2D eigenvalue weighted by atomic mass is 9.41. The molecule has 3 nitrogen and oxygen atoms in total. The summed E-state index contributed by atoms with van der Waals surface area (Å²) in [6.45, 7) is 14.7. The van der Waals surface area contributed by atoms with Crippen molar-refractivity contribution in [3.63, 3.8) is 0 Å². The van der Waals surface area contributed by atoms with Crippen molar-refractivity contribution in [2.45, 2.75) is 99.0 Å². The van der Waals surface area contributed by atoms with Gasteiger partial charge in [0.15, 0.2) is 0 Å². The molecule has 0 aliphatic heterocycles. The number of ether oxygens (including phenoxy) is 1. The Morgan fingerprint density at radius 1 is 1.24 bits per heavy atom. The van der Waals surface area contributed by atoms with Gasteiger partial charge in [0, 0.05) is 12.5 Å². The Labute approximate surface area is 179 Å². The molecule has 0 bridgehead atoms. The van der Waals surface area contributed by atoms with Gasteiger partial charge in [0.1, 0.15) is 6.10 Å². The van der Waals surface area contributed by atoms with Crippen LogP contribution >= 0.6 is 0 Å². The lowest BCUT2D eigenvalue weighted by Crippen LogP contribution is -2.62. The monoisotopic (exact) mass is 403 g/mol. The molecular formula is C26H45NO2. The fourth-order valence-electron chi connectivity index (χ4n) is 7.24. The van der Waals surface area contributed by atoms with Crippen molar-refractivity contribution < 1.29 is 9.53 Å². The second-order valence-corrected chi connectivity index (χ2v) is 10.9. The second kappa shape index (κ2) is 9.43. The average molecular weight is 404 g/mol. The summed E-state index contributed by atoms with van der Waals surface area (Å²) in [4.78, 5) is 12.5. The van der Waals surface area contributed by atoms with Gasteiger partial charge in [-0.3, -0.25) is 0 Å². The van der Waals surface area contributed by atoms with E-state index < -0.39 is 0 Å². The number of hydrogen-bond acceptors (Lipinski definition) is 2. The first kappa shape index (κ1) is 22.7. The number of alkyl carbamates (subject to hydrolysis) is 1. The highest BCUT2D eigenvalue weighted by atomic mass is 16.6. The molecule has 3 aliphatic rings. The van der Waals surface area contributed by atoms with Gasteiger partial charge in [-0.15, -0.1) is 0 Å². The molecule has 29 heavy (non-hydrogen) atoms. The zero-order valence-electron chi connectivity index (χ0n) is 19.8. The van der Waals surface area contributed by atoms with Crippen molar-refractivity contribution in [1.29, 1.82) is 0 Å². The molecule has 3 aliphatic carbocycles. The third kappa shape index (κ3) is 4.39. The van der Waals surface area contributed by atoms with E-state index in [1.807, 2.05) is 0 Å². The van der Waals surface area contributed by atoms with E-state index in [-0.39, 0.29) is 12.2 Å². The SMILES string of the molecule is CCCCNC(=O)OC1C(C)=CCC2C3CC[C@H]([C@H](C)CCCC(C)C)[C@@]3(C)[C@H]12. The van der Waals surface area contributed by atoms with Crippen molar-refractivity contribution >= 4 is 6.09 Å². The molecule has 166 valence electrons. The fourth-order valence-corrected chi connectivity index (χ4v) is 7.24. The highest BCUT2D eigenvalue weighted by Gasteiger charge is 2.68. The number of fused-ring (bicyclic) bond motifs is 4. The van der Waals surface area contributed by atoms with Gasteiger partial charge in [-0.1, -0.05) is 66.4 Å². The first-order valence-corrected chi connectivity index (χ1v) is 12.4. The molecule has 2 fully saturated rings. The van der Waals surface area contributed by atoms with E-state index in [1.165, 1.54) is 44.1 Å². The number of hydrogen-bond donors (Lipinski definition) is 1. The van der Waals surface area contributed by atoms with Gasteiger partial charge in [0.05, 0.1) is 0 Å². The number of allylic oxidation sites excluding steroid dienone is 1. The van der Waals surface area contributed by atoms with Crippen molar-refractivity contribution in [1.82, 2.24) is 5.32 Å². The average Bonchev–Trinajstić information content (AvgIpc) is 2.94. The zero-order valence-corrected chi connectivity index (χ0v) is 19.8. The van der Waals surface area contributed by atoms with Crippen LogP contribution < -0.4 is 5.32 Å². The maximum absolute atomic E-state index is 12.5. The number of rotatable bonds is 9. The van der Waals surface area contributed by atoms with Crippen molar-refractivity contribution in [3.05, 3.63) is 11.6 Å². The summed E-state index contributed by atoms with van der Waals surface area (Å²) in [5.41, 5.74) is 1.61. The van der Waals surface area contributed by atoms with Gasteiger partial charge in [-0.25, -0.2) is 4.79 Å². The second-order valence-electron chi connectivity index (χ2n) is 10.9. The molecule has 0 spiro atoms. The zero-order chi connectivity index (χ0) is 21.2. The molecule has 0 aromatic carbocycles. The Kier molecular flexibility index (Phi) is 7.38. The highest BCUT2D eigenvalue weighted by Crippen LogP contribution is 2.72. The van der Waals surface area contributed by atoms with Gasteiger partial charge < -0.3 is 10.1 Å². The molecular weight excluding hydrogens is 358 g/mol. The van der Waals surface area contributed by atoms with Crippen molar-refractivity contribution in [2.24, 2.45) is 40.9 Å². The van der Waals surface area contributed by atoms with Gasteiger partial charge in [0.2, 0.25) is 0 Å². The molecule has 0 radical (unpaired) electrons. The predicted octanol–water partition coefficient (Wildman–Crippen LogP) is 6.97. The van der Waals surface area contributed by atoms with Crippen LogP contribution in [0.15, 0.2) is 11.6 Å². The first-order chi connectivity index (χ1) is 13.8. The van der Waals surface area contributed by atoms with Crippen LogP contribution in [0.1, 0.15) is 92.9 Å². The summed E-state index contributed by atoms with van der Waals surface area (Å²) in [5, 5.41) is 2.97. The maximum Gasteiger partial charge on any atom is 0.407 e. The van der Waals surface area contributed by atoms with E-state index in [1.54, 1.807) is 0 Å². The topological polar surface area (TPSA) is 38.3 Å². The minimum atomic E-state index is -0.219. The summed E-state index contributed by atoms with van der Waals surface area (Å²) in [5.74, 6) is 4.40. The van der Waals surface area contributed by atoms with E-state index in [4.69, 9.17) is 4.74 Å². The Morgan fingerprint density at radius 3 is 2.69 bits per heavy atom. The maximum atomic E-state index is 12.5. The first-order valence-electron chi connectivity index (χ1n) is 12.4. The molecule has 0 heterocycles. The van der Waals surface area contributed by atoms with Gasteiger partial charge >= 0.3 is 6.09 Å². The molecule has 1 amide bonds. The number of unbranched alkanes of at least 4 members (excludes halogenated alkanes) is 1. The van der Waals surface area contributed by atoms with Gasteiger partial charge in [-0.05, 0) is 73.2 Å². The lowest BCUT2D eigenvalue weighted by Gasteiger charge is -2.63. The fraction of sp³-hybridized carbons (Fsp3) is 0.885. The van der Waals surface area contributed by atoms with E-state index in [0.29, 0.717) is 23.8 Å². The third-order valence-corrected chi connectivity index (χ3v) is 8.73. The summed E-state index contributed by atoms with van der Waals surface area (Å²) < 4.78 is 6.08. The molecule has 0 saturated heterocycles. The van der Waals surface area contributed by atoms with Crippen LogP contribution in [0.3, 0.4) is 0 Å². The molecule has 0 aromatic heterocycles. The Hall–Kier alpha value is -0.990. The van der Waals surface area contributed by atoms with Gasteiger partial charge in [0.25, 0.3) is 0 Å². The lowest BCUT2D eigenvalue weighted by molar-refractivity contribution is -0.170. The van der Waals surface area contributed by atoms with Crippen molar-refractivity contribution in [3.8, 4) is 0 Å². The van der Waals surface area contributed by atoms with Crippen LogP contribution in [0.4, 0.5) is 4.79 Å². The van der Waals surface area contributed by atoms with E-state index in [9.17, 15) is 4.79 Å². The minimum Gasteiger partial charge on any atom is -0.441 e. The molecule has 0 aromatic rings. The van der Waals surface area contributed by atoms with Crippen LogP contribution in [0.25, 0.3) is 0 Å². The normalized spacial score (nSPS) is 36.7. The summed E-state index contributed by atoms with van der Waals surface area (Å²) in [7, 11) is 0. The van der Waals surface area contributed by atoms with Crippen LogP contribution in [0.2, 0.25) is 0 Å². The predicted molar refractivity (Wildman–Crippen MR) is 121 cm³/mol. The minimum absolute atomic E-state index is 0.0277. The quantitative estimate of drug-likeness (QED) is 0.333. The van der Waals surface area contributed by atoms with Crippen LogP contribution in [0, 0.1) is 40.9 Å². The molecule has 2 saturated carbocycles. The summed E-state index contributed by atoms with van der Waals surface area (Å²) >= 11 is 0. The molecule has 3 rings (SSSR count). The standard InChI is InChI=1S/C26H45NO2/c1-7-8-16-27-25(28)29-24-19(5)12-13-20-22-15-14-21(26(22,6)23(20)24)18(4)11-9-10-17(2)3/h12,17-18,20-24H,7-11,13-16H2,1-6H3,(H,27,28)/t18-,20?,21-,22?,23+,24?,26-/m1/s1. The molecule has 7 atom stereocenters. The Morgan fingerprint density at radius 2 is 2.00 bits per heavy atom. The molecule has 1 N–H and O–H groups in total. The largest absolute Gasteiger partial charge is 0.441 e. The highest BCUT2D eigenvalue weighted by molar-refractivity contribution is 5.67. The van der Waals surface area contributed by atoms with Crippen LogP contribution in [0.5, 0.6) is 0 Å². The van der Waals surface area contributed by atoms with Crippen molar-refractivity contribution in [2.75, 3.05) is 6.54 Å². The van der Waals surface area contributed by atoms with Crippen LogP contribution in [-0.4, -0.2) is 18.7 Å². The molecule has 3 unspecified atom stereocenters. The van der Waals surface area contributed by atoms with Crippen LogP contribution in [-0.2, 0) is 4.74 Å². The third-order valence-electron chi connectivity index (χ3n) is 8.73.